The minimum Gasteiger partial charge on any atom is -0.491 e. The number of benzene rings is 2. The summed E-state index contributed by atoms with van der Waals surface area (Å²) in [6.07, 6.45) is 12.7. The molecule has 3 amide bonds. The molecule has 2 aromatic carbocycles. The summed E-state index contributed by atoms with van der Waals surface area (Å²) in [4.78, 5) is 47.9. The van der Waals surface area contributed by atoms with Gasteiger partial charge in [-0.05, 0) is 64.2 Å². The van der Waals surface area contributed by atoms with Gasteiger partial charge in [-0.2, -0.15) is 0 Å². The summed E-state index contributed by atoms with van der Waals surface area (Å²) in [6.45, 7) is 4.23. The number of carbonyl (C=O) groups is 3. The fourth-order valence-corrected chi connectivity index (χ4v) is 6.83. The Kier molecular flexibility index (Phi) is 11.9. The van der Waals surface area contributed by atoms with Crippen molar-refractivity contribution in [3.05, 3.63) is 54.1 Å². The Bertz CT molecular complexity index is 1330. The number of aliphatic imine (C=N–C) groups is 1. The van der Waals surface area contributed by atoms with Gasteiger partial charge in [-0.15, -0.1) is 0 Å². The van der Waals surface area contributed by atoms with Crippen LogP contribution in [0.4, 0.5) is 16.2 Å². The van der Waals surface area contributed by atoms with Crippen LogP contribution in [0.1, 0.15) is 96.5 Å². The summed E-state index contributed by atoms with van der Waals surface area (Å²) in [7, 11) is 0. The normalized spacial score (nSPS) is 17.1. The molecule has 0 saturated heterocycles. The maximum Gasteiger partial charge on any atom is 0.326 e. The first-order chi connectivity index (χ1) is 22.4. The van der Waals surface area contributed by atoms with E-state index in [1.165, 1.54) is 38.5 Å². The van der Waals surface area contributed by atoms with Gasteiger partial charge in [-0.1, -0.05) is 68.9 Å². The number of hydrogen-bond donors (Lipinski definition) is 2. The molecule has 2 N–H and O–H groups in total. The number of nitrogens with zero attached hydrogens (tertiary/aromatic N) is 3. The number of para-hydroxylation sites is 2. The molecule has 0 atom stereocenters. The van der Waals surface area contributed by atoms with Crippen molar-refractivity contribution in [3.8, 4) is 5.75 Å². The van der Waals surface area contributed by atoms with Gasteiger partial charge in [0.15, 0.2) is 0 Å². The van der Waals surface area contributed by atoms with Gasteiger partial charge < -0.3 is 24.6 Å². The molecule has 1 aliphatic heterocycles. The second-order valence-electron chi connectivity index (χ2n) is 12.9. The molecule has 2 saturated carbocycles. The zero-order chi connectivity index (χ0) is 32.3. The van der Waals surface area contributed by atoms with Crippen LogP contribution < -0.4 is 15.4 Å². The van der Waals surface area contributed by atoms with E-state index in [9.17, 15) is 14.4 Å². The summed E-state index contributed by atoms with van der Waals surface area (Å²) >= 11 is 0. The maximum atomic E-state index is 13.6. The van der Waals surface area contributed by atoms with E-state index in [0.29, 0.717) is 55.2 Å². The first-order valence-corrected chi connectivity index (χ1v) is 17.1. The minimum atomic E-state index is -0.479. The number of rotatable bonds is 11. The monoisotopic (exact) mass is 631 g/mol. The molecular formula is C36H49N5O5. The molecule has 0 spiro atoms. The van der Waals surface area contributed by atoms with E-state index in [0.717, 1.165) is 31.2 Å². The van der Waals surface area contributed by atoms with Crippen molar-refractivity contribution in [1.82, 2.24) is 15.1 Å². The van der Waals surface area contributed by atoms with Gasteiger partial charge in [0.2, 0.25) is 11.9 Å². The molecule has 2 fully saturated rings. The quantitative estimate of drug-likeness (QED) is 0.206. The molecule has 5 rings (SSSR count). The summed E-state index contributed by atoms with van der Waals surface area (Å²) in [5, 5.41) is 5.62. The van der Waals surface area contributed by atoms with E-state index in [2.05, 4.69) is 15.5 Å². The van der Waals surface area contributed by atoms with E-state index in [1.54, 1.807) is 30.9 Å². The van der Waals surface area contributed by atoms with Crippen LogP contribution in [0.2, 0.25) is 0 Å². The zero-order valence-corrected chi connectivity index (χ0v) is 27.3. The number of nitrogens with one attached hydrogen (secondary N) is 2. The third-order valence-electron chi connectivity index (χ3n) is 8.92. The maximum absolute atomic E-state index is 13.6. The number of anilines is 1. The standard InChI is InChI=1S/C36H49N5O5/c1-26(2)46-33(43)25-40-24-27-14-12-21-31(34(27)38-35(40)39-36(44)37-28-15-6-3-7-16-28)45-23-13-22-32(42)41(29-17-8-4-9-18-29)30-19-10-5-11-20-30/h3,6-7,12,14-16,21,26,29-30H,4-5,8-11,13,17-20,22-25H2,1-2H3,(H2,37,38,39,44). The Morgan fingerprint density at radius 1 is 0.891 bits per heavy atom. The first kappa shape index (κ1) is 33.3. The SMILES string of the molecule is CC(C)OC(=O)CN1Cc2cccc(OCCCC(=O)N(C3CCCCC3)C3CCCCC3)c2N=C1NC(=O)Nc1ccccc1. The van der Waals surface area contributed by atoms with E-state index in [-0.39, 0.29) is 24.5 Å². The first-order valence-electron chi connectivity index (χ1n) is 17.1. The second kappa shape index (κ2) is 16.5. The summed E-state index contributed by atoms with van der Waals surface area (Å²) in [6, 6.07) is 15.1. The predicted octanol–water partition coefficient (Wildman–Crippen LogP) is 6.92. The molecule has 10 nitrogen and oxygen atoms in total. The van der Waals surface area contributed by atoms with Crippen molar-refractivity contribution in [2.75, 3.05) is 18.5 Å². The fourth-order valence-electron chi connectivity index (χ4n) is 6.83. The Balaban J connectivity index is 1.25. The van der Waals surface area contributed by atoms with Crippen LogP contribution >= 0.6 is 0 Å². The average Bonchev–Trinajstić information content (AvgIpc) is 3.04. The number of fused-ring (bicyclic) bond motifs is 1. The second-order valence-corrected chi connectivity index (χ2v) is 12.9. The number of guanidine groups is 1. The lowest BCUT2D eigenvalue weighted by atomic mass is 9.88. The lowest BCUT2D eigenvalue weighted by Gasteiger charge is -2.42. The molecule has 2 aromatic rings. The Hall–Kier alpha value is -4.08. The lowest BCUT2D eigenvalue weighted by Crippen LogP contribution is -2.48. The van der Waals surface area contributed by atoms with Crippen LogP contribution in [0, 0.1) is 0 Å². The van der Waals surface area contributed by atoms with Crippen LogP contribution in [0.3, 0.4) is 0 Å². The van der Waals surface area contributed by atoms with Gasteiger partial charge in [-0.3, -0.25) is 14.9 Å². The van der Waals surface area contributed by atoms with Gasteiger partial charge in [0.25, 0.3) is 0 Å². The van der Waals surface area contributed by atoms with E-state index < -0.39 is 12.0 Å². The average molecular weight is 632 g/mol. The summed E-state index contributed by atoms with van der Waals surface area (Å²) < 4.78 is 11.6. The third kappa shape index (κ3) is 9.23. The van der Waals surface area contributed by atoms with E-state index in [4.69, 9.17) is 14.5 Å². The van der Waals surface area contributed by atoms with Crippen molar-refractivity contribution < 1.29 is 23.9 Å². The van der Waals surface area contributed by atoms with E-state index >= 15 is 0 Å². The van der Waals surface area contributed by atoms with Crippen molar-refractivity contribution >= 4 is 35.2 Å². The fraction of sp³-hybridized carbons (Fsp3) is 0.556. The number of carbonyl (C=O) groups excluding carboxylic acids is 3. The molecule has 0 bridgehead atoms. The minimum absolute atomic E-state index is 0.0756. The Labute approximate surface area is 272 Å². The highest BCUT2D eigenvalue weighted by Crippen LogP contribution is 2.36. The van der Waals surface area contributed by atoms with Crippen molar-refractivity contribution in [3.63, 3.8) is 0 Å². The van der Waals surface area contributed by atoms with Gasteiger partial charge in [0.1, 0.15) is 18.0 Å². The number of ether oxygens (including phenoxy) is 2. The van der Waals surface area contributed by atoms with Gasteiger partial charge in [0, 0.05) is 36.3 Å². The van der Waals surface area contributed by atoms with Gasteiger partial charge in [0.05, 0.1) is 12.7 Å². The van der Waals surface area contributed by atoms with Crippen LogP contribution in [0.25, 0.3) is 0 Å². The molecular weight excluding hydrogens is 582 g/mol. The van der Waals surface area contributed by atoms with Crippen molar-refractivity contribution in [2.24, 2.45) is 4.99 Å². The van der Waals surface area contributed by atoms with Crippen molar-refractivity contribution in [1.29, 1.82) is 0 Å². The largest absolute Gasteiger partial charge is 0.491 e. The molecule has 1 heterocycles. The van der Waals surface area contributed by atoms with Crippen molar-refractivity contribution in [2.45, 2.75) is 116 Å². The Morgan fingerprint density at radius 3 is 2.22 bits per heavy atom. The summed E-state index contributed by atoms with van der Waals surface area (Å²) in [5.74, 6) is 0.649. The smallest absolute Gasteiger partial charge is 0.326 e. The highest BCUT2D eigenvalue weighted by Gasteiger charge is 2.32. The zero-order valence-electron chi connectivity index (χ0n) is 27.3. The molecule has 248 valence electrons. The highest BCUT2D eigenvalue weighted by molar-refractivity contribution is 6.04. The number of amides is 3. The van der Waals surface area contributed by atoms with Crippen LogP contribution in [-0.2, 0) is 20.9 Å². The molecule has 10 heteroatoms. The van der Waals surface area contributed by atoms with Crippen LogP contribution in [-0.4, -0.2) is 65.0 Å². The Morgan fingerprint density at radius 2 is 1.57 bits per heavy atom. The van der Waals surface area contributed by atoms with Gasteiger partial charge in [-0.25, -0.2) is 9.79 Å². The number of urea groups is 1. The van der Waals surface area contributed by atoms with Crippen LogP contribution in [0.15, 0.2) is 53.5 Å². The number of hydrogen-bond acceptors (Lipinski definition) is 7. The number of esters is 1. The molecule has 0 unspecified atom stereocenters. The molecule has 0 aromatic heterocycles. The predicted molar refractivity (Wildman–Crippen MR) is 179 cm³/mol. The molecule has 2 aliphatic carbocycles. The molecule has 0 radical (unpaired) electrons. The topological polar surface area (TPSA) is 113 Å². The highest BCUT2D eigenvalue weighted by atomic mass is 16.5. The molecule has 3 aliphatic rings. The van der Waals surface area contributed by atoms with E-state index in [1.807, 2.05) is 36.4 Å². The van der Waals surface area contributed by atoms with Gasteiger partial charge >= 0.3 is 12.0 Å². The molecule has 46 heavy (non-hydrogen) atoms. The summed E-state index contributed by atoms with van der Waals surface area (Å²) in [5.41, 5.74) is 2.09. The van der Waals surface area contributed by atoms with Crippen LogP contribution in [0.5, 0.6) is 5.75 Å². The lowest BCUT2D eigenvalue weighted by molar-refractivity contribution is -0.148. The third-order valence-corrected chi connectivity index (χ3v) is 8.92.